The zero-order valence-electron chi connectivity index (χ0n) is 8.61. The fourth-order valence-electron chi connectivity index (χ4n) is 1.23. The molecule has 0 spiro atoms. The Morgan fingerprint density at radius 3 is 2.53 bits per heavy atom. The van der Waals surface area contributed by atoms with Crippen molar-refractivity contribution in [2.75, 3.05) is 0 Å². The molecule has 15 heavy (non-hydrogen) atoms. The Kier molecular flexibility index (Phi) is 3.66. The van der Waals surface area contributed by atoms with Crippen molar-refractivity contribution in [3.8, 4) is 5.75 Å². The quantitative estimate of drug-likeness (QED) is 0.834. The monoisotopic (exact) mass is 212 g/mol. The first-order chi connectivity index (χ1) is 7.02. The third kappa shape index (κ3) is 2.94. The number of carboxylic acid groups (broad SMARTS) is 1. The van der Waals surface area contributed by atoms with Gasteiger partial charge in [0.2, 0.25) is 0 Å². The van der Waals surface area contributed by atoms with E-state index in [2.05, 4.69) is 0 Å². The molecule has 0 heterocycles. The predicted octanol–water partition coefficient (Wildman–Crippen LogP) is 2.57. The van der Waals surface area contributed by atoms with Gasteiger partial charge in [-0.3, -0.25) is 0 Å². The van der Waals surface area contributed by atoms with Crippen molar-refractivity contribution >= 4 is 5.97 Å². The maximum Gasteiger partial charge on any atom is 0.378 e. The van der Waals surface area contributed by atoms with E-state index in [1.165, 1.54) is 0 Å². The molecule has 1 aromatic rings. The van der Waals surface area contributed by atoms with Gasteiger partial charge in [0, 0.05) is 0 Å². The Morgan fingerprint density at radius 2 is 2.00 bits per heavy atom. The normalized spacial score (nSPS) is 12.5. The van der Waals surface area contributed by atoms with E-state index in [-0.39, 0.29) is 11.7 Å². The van der Waals surface area contributed by atoms with Crippen molar-refractivity contribution in [2.24, 2.45) is 0 Å². The molecule has 0 aliphatic heterocycles. The molecule has 1 rings (SSSR count). The van der Waals surface area contributed by atoms with Crippen LogP contribution in [0.1, 0.15) is 25.3 Å². The van der Waals surface area contributed by atoms with E-state index in [9.17, 15) is 9.18 Å². The first-order valence-corrected chi connectivity index (χ1v) is 4.65. The van der Waals surface area contributed by atoms with Gasteiger partial charge in [-0.2, -0.15) is 4.39 Å². The number of ether oxygens (including phenoxy) is 1. The predicted molar refractivity (Wildman–Crippen MR) is 53.7 cm³/mol. The van der Waals surface area contributed by atoms with Crippen molar-refractivity contribution < 1.29 is 19.0 Å². The minimum absolute atomic E-state index is 0.155. The molecular weight excluding hydrogens is 199 g/mol. The molecule has 0 aliphatic rings. The summed E-state index contributed by atoms with van der Waals surface area (Å²) in [6, 6.07) is 6.82. The molecule has 0 amide bonds. The second-order valence-corrected chi connectivity index (χ2v) is 3.46. The van der Waals surface area contributed by atoms with Gasteiger partial charge in [0.1, 0.15) is 5.75 Å². The number of benzene rings is 1. The van der Waals surface area contributed by atoms with Crippen molar-refractivity contribution in [3.63, 3.8) is 0 Å². The first kappa shape index (κ1) is 11.5. The fraction of sp³-hybridized carbons (Fsp3) is 0.364. The topological polar surface area (TPSA) is 46.5 Å². The Hall–Kier alpha value is -1.58. The molecule has 4 heteroatoms. The first-order valence-electron chi connectivity index (χ1n) is 4.65. The van der Waals surface area contributed by atoms with E-state index in [0.29, 0.717) is 0 Å². The second kappa shape index (κ2) is 4.77. The molecule has 1 atom stereocenters. The van der Waals surface area contributed by atoms with Gasteiger partial charge in [-0.05, 0) is 17.5 Å². The highest BCUT2D eigenvalue weighted by Gasteiger charge is 2.19. The third-order valence-electron chi connectivity index (χ3n) is 1.97. The maximum absolute atomic E-state index is 12.8. The standard InChI is InChI=1S/C11H13FO3/c1-7(2)8-5-3-4-6-9(8)15-10(12)11(13)14/h3-7,10H,1-2H3,(H,13,14). The van der Waals surface area contributed by atoms with Gasteiger partial charge in [-0.1, -0.05) is 32.0 Å². The summed E-state index contributed by atoms with van der Waals surface area (Å²) in [5, 5.41) is 8.37. The second-order valence-electron chi connectivity index (χ2n) is 3.46. The molecular formula is C11H13FO3. The number of hydrogen-bond acceptors (Lipinski definition) is 2. The lowest BCUT2D eigenvalue weighted by Gasteiger charge is -2.14. The van der Waals surface area contributed by atoms with Crippen LogP contribution in [0.3, 0.4) is 0 Å². The SMILES string of the molecule is CC(C)c1ccccc1OC(F)C(=O)O. The number of rotatable bonds is 4. The van der Waals surface area contributed by atoms with Crippen LogP contribution in [-0.4, -0.2) is 17.4 Å². The zero-order valence-corrected chi connectivity index (χ0v) is 8.61. The molecule has 0 saturated heterocycles. The van der Waals surface area contributed by atoms with Crippen LogP contribution in [0.2, 0.25) is 0 Å². The zero-order chi connectivity index (χ0) is 11.4. The summed E-state index contributed by atoms with van der Waals surface area (Å²) in [6.07, 6.45) is -2.31. The van der Waals surface area contributed by atoms with Gasteiger partial charge in [-0.15, -0.1) is 0 Å². The Bertz CT molecular complexity index is 349. The molecule has 82 valence electrons. The van der Waals surface area contributed by atoms with E-state index in [4.69, 9.17) is 9.84 Å². The van der Waals surface area contributed by atoms with Crippen LogP contribution in [0, 0.1) is 0 Å². The number of halogens is 1. The Labute approximate surface area is 87.5 Å². The summed E-state index contributed by atoms with van der Waals surface area (Å²) >= 11 is 0. The van der Waals surface area contributed by atoms with Gasteiger partial charge < -0.3 is 9.84 Å². The lowest BCUT2D eigenvalue weighted by molar-refractivity contribution is -0.153. The van der Waals surface area contributed by atoms with E-state index >= 15 is 0 Å². The summed E-state index contributed by atoms with van der Waals surface area (Å²) in [4.78, 5) is 10.3. The maximum atomic E-state index is 12.8. The van der Waals surface area contributed by atoms with E-state index in [0.717, 1.165) is 5.56 Å². The molecule has 0 radical (unpaired) electrons. The number of aliphatic carboxylic acids is 1. The number of carboxylic acids is 1. The highest BCUT2D eigenvalue weighted by molar-refractivity contribution is 5.71. The minimum Gasteiger partial charge on any atom is -0.476 e. The van der Waals surface area contributed by atoms with Crippen LogP contribution in [0.4, 0.5) is 4.39 Å². The lowest BCUT2D eigenvalue weighted by atomic mass is 10.0. The molecule has 0 aromatic heterocycles. The van der Waals surface area contributed by atoms with Crippen LogP contribution < -0.4 is 4.74 Å². The van der Waals surface area contributed by atoms with Gasteiger partial charge in [0.15, 0.2) is 0 Å². The molecule has 1 unspecified atom stereocenters. The third-order valence-corrected chi connectivity index (χ3v) is 1.97. The van der Waals surface area contributed by atoms with E-state index in [1.54, 1.807) is 24.3 Å². The van der Waals surface area contributed by atoms with Crippen molar-refractivity contribution in [2.45, 2.75) is 26.1 Å². The number of alkyl halides is 1. The van der Waals surface area contributed by atoms with Crippen LogP contribution in [0.25, 0.3) is 0 Å². The van der Waals surface area contributed by atoms with Crippen LogP contribution >= 0.6 is 0 Å². The summed E-state index contributed by atoms with van der Waals surface area (Å²) in [5.41, 5.74) is 0.793. The molecule has 0 saturated carbocycles. The summed E-state index contributed by atoms with van der Waals surface area (Å²) in [7, 11) is 0. The van der Waals surface area contributed by atoms with Crippen molar-refractivity contribution in [3.05, 3.63) is 29.8 Å². The van der Waals surface area contributed by atoms with E-state index < -0.39 is 12.3 Å². The number of carbonyl (C=O) groups is 1. The molecule has 0 fully saturated rings. The Balaban J connectivity index is 2.89. The largest absolute Gasteiger partial charge is 0.476 e. The van der Waals surface area contributed by atoms with Gasteiger partial charge >= 0.3 is 12.3 Å². The highest BCUT2D eigenvalue weighted by atomic mass is 19.1. The molecule has 0 aliphatic carbocycles. The van der Waals surface area contributed by atoms with Crippen molar-refractivity contribution in [1.82, 2.24) is 0 Å². The fourth-order valence-corrected chi connectivity index (χ4v) is 1.23. The molecule has 1 N–H and O–H groups in total. The van der Waals surface area contributed by atoms with Crippen LogP contribution in [-0.2, 0) is 4.79 Å². The minimum atomic E-state index is -2.31. The average molecular weight is 212 g/mol. The van der Waals surface area contributed by atoms with Crippen LogP contribution in [0.5, 0.6) is 5.75 Å². The van der Waals surface area contributed by atoms with E-state index in [1.807, 2.05) is 13.8 Å². The Morgan fingerprint density at radius 1 is 1.40 bits per heavy atom. The van der Waals surface area contributed by atoms with Gasteiger partial charge in [0.05, 0.1) is 0 Å². The summed E-state index contributed by atoms with van der Waals surface area (Å²) in [6.45, 7) is 3.85. The number of hydrogen-bond donors (Lipinski definition) is 1. The lowest BCUT2D eigenvalue weighted by Crippen LogP contribution is -2.22. The summed E-state index contributed by atoms with van der Waals surface area (Å²) < 4.78 is 17.5. The smallest absolute Gasteiger partial charge is 0.378 e. The summed E-state index contributed by atoms with van der Waals surface area (Å²) in [5.74, 6) is -1.18. The van der Waals surface area contributed by atoms with Gasteiger partial charge in [0.25, 0.3) is 0 Å². The molecule has 0 bridgehead atoms. The van der Waals surface area contributed by atoms with Crippen molar-refractivity contribution in [1.29, 1.82) is 0 Å². The average Bonchev–Trinajstić information content (AvgIpc) is 2.18. The van der Waals surface area contributed by atoms with Crippen LogP contribution in [0.15, 0.2) is 24.3 Å². The highest BCUT2D eigenvalue weighted by Crippen LogP contribution is 2.26. The molecule has 3 nitrogen and oxygen atoms in total. The van der Waals surface area contributed by atoms with Gasteiger partial charge in [-0.25, -0.2) is 4.79 Å². The number of para-hydroxylation sites is 1. The molecule has 1 aromatic carbocycles.